The number of thiophene rings is 1. The Morgan fingerprint density at radius 1 is 1.41 bits per heavy atom. The van der Waals surface area contributed by atoms with Crippen LogP contribution in [-0.2, 0) is 11.3 Å². The van der Waals surface area contributed by atoms with Gasteiger partial charge in [0.05, 0.1) is 5.56 Å². The van der Waals surface area contributed by atoms with Gasteiger partial charge < -0.3 is 4.74 Å². The summed E-state index contributed by atoms with van der Waals surface area (Å²) < 4.78 is 5.25. The third-order valence-electron chi connectivity index (χ3n) is 2.37. The fourth-order valence-electron chi connectivity index (χ4n) is 1.44. The van der Waals surface area contributed by atoms with Crippen LogP contribution < -0.4 is 0 Å². The van der Waals surface area contributed by atoms with Gasteiger partial charge in [-0.05, 0) is 36.1 Å². The third-order valence-corrected chi connectivity index (χ3v) is 3.49. The second kappa shape index (κ2) is 5.38. The molecule has 0 bridgehead atoms. The first-order valence-electron chi connectivity index (χ1n) is 5.16. The van der Waals surface area contributed by atoms with Crippen molar-refractivity contribution < 1.29 is 9.53 Å². The van der Waals surface area contributed by atoms with Crippen molar-refractivity contribution in [1.29, 1.82) is 0 Å². The first kappa shape index (κ1) is 12.2. The summed E-state index contributed by atoms with van der Waals surface area (Å²) in [5, 5.41) is 1.96. The minimum Gasteiger partial charge on any atom is -0.456 e. The number of ether oxygens (including phenoxy) is 1. The molecule has 0 saturated heterocycles. The van der Waals surface area contributed by atoms with Gasteiger partial charge in [0.15, 0.2) is 0 Å². The topological polar surface area (TPSA) is 26.3 Å². The van der Waals surface area contributed by atoms with Crippen molar-refractivity contribution in [3.8, 4) is 0 Å². The lowest BCUT2D eigenvalue weighted by atomic mass is 10.1. The molecule has 17 heavy (non-hydrogen) atoms. The Bertz CT molecular complexity index is 518. The monoisotopic (exact) mass is 264 g/mol. The average Bonchev–Trinajstić information content (AvgIpc) is 2.82. The van der Waals surface area contributed by atoms with Crippen molar-refractivity contribution in [2.75, 3.05) is 0 Å². The van der Waals surface area contributed by atoms with Gasteiger partial charge in [-0.3, -0.25) is 0 Å². The molecule has 2 nitrogen and oxygen atoms in total. The summed E-state index contributed by atoms with van der Waals surface area (Å²) in [6.45, 7) is 2.21. The molecule has 1 aromatic heterocycles. The number of rotatable bonds is 3. The number of carbonyl (C=O) groups is 1. The zero-order chi connectivity index (χ0) is 12.3. The van der Waals surface area contributed by atoms with Crippen LogP contribution in [0.5, 0.6) is 0 Å². The van der Waals surface area contributed by atoms with E-state index < -0.39 is 0 Å². The number of benzene rings is 1. The van der Waals surface area contributed by atoms with E-state index in [1.54, 1.807) is 17.4 Å². The molecule has 0 aliphatic heterocycles. The number of hydrogen-bond acceptors (Lipinski definition) is 4. The van der Waals surface area contributed by atoms with Crippen LogP contribution in [0.25, 0.3) is 0 Å². The van der Waals surface area contributed by atoms with Crippen molar-refractivity contribution in [3.63, 3.8) is 0 Å². The van der Waals surface area contributed by atoms with E-state index in [0.717, 1.165) is 15.3 Å². The second-order valence-electron chi connectivity index (χ2n) is 3.65. The molecule has 0 fully saturated rings. The summed E-state index contributed by atoms with van der Waals surface area (Å²) >= 11 is 5.79. The fraction of sp³-hybridized carbons (Fsp3) is 0.154. The standard InChI is InChI=1S/C13H12O2S2/c1-9-4-5-10(16)7-12(9)13(14)15-8-11-3-2-6-17-11/h2-7,16H,8H2,1H3. The largest absolute Gasteiger partial charge is 0.456 e. The van der Waals surface area contributed by atoms with Crippen LogP contribution in [0.2, 0.25) is 0 Å². The van der Waals surface area contributed by atoms with Gasteiger partial charge in [0.1, 0.15) is 6.61 Å². The lowest BCUT2D eigenvalue weighted by Gasteiger charge is -2.06. The molecule has 1 heterocycles. The predicted molar refractivity (Wildman–Crippen MR) is 71.9 cm³/mol. The minimum absolute atomic E-state index is 0.299. The van der Waals surface area contributed by atoms with E-state index in [1.165, 1.54) is 0 Å². The van der Waals surface area contributed by atoms with E-state index in [1.807, 2.05) is 36.6 Å². The quantitative estimate of drug-likeness (QED) is 0.676. The smallest absolute Gasteiger partial charge is 0.338 e. The van der Waals surface area contributed by atoms with E-state index in [9.17, 15) is 4.79 Å². The number of esters is 1. The summed E-state index contributed by atoms with van der Waals surface area (Å²) in [4.78, 5) is 13.7. The first-order valence-corrected chi connectivity index (χ1v) is 6.48. The highest BCUT2D eigenvalue weighted by Gasteiger charge is 2.11. The molecule has 0 aliphatic carbocycles. The fourth-order valence-corrected chi connectivity index (χ4v) is 2.26. The highest BCUT2D eigenvalue weighted by Crippen LogP contribution is 2.16. The molecule has 0 amide bonds. The van der Waals surface area contributed by atoms with Gasteiger partial charge in [-0.15, -0.1) is 24.0 Å². The summed E-state index contributed by atoms with van der Waals surface area (Å²) in [6.07, 6.45) is 0. The predicted octanol–water partition coefficient (Wildman–Crippen LogP) is 3.70. The Labute approximate surface area is 110 Å². The van der Waals surface area contributed by atoms with Crippen LogP contribution in [0.15, 0.2) is 40.6 Å². The van der Waals surface area contributed by atoms with Crippen molar-refractivity contribution in [2.24, 2.45) is 0 Å². The summed E-state index contributed by atoms with van der Waals surface area (Å²) in [6, 6.07) is 9.33. The van der Waals surface area contributed by atoms with E-state index in [-0.39, 0.29) is 5.97 Å². The Morgan fingerprint density at radius 2 is 2.24 bits per heavy atom. The molecule has 0 radical (unpaired) electrons. The SMILES string of the molecule is Cc1ccc(S)cc1C(=O)OCc1cccs1. The highest BCUT2D eigenvalue weighted by molar-refractivity contribution is 7.80. The second-order valence-corrected chi connectivity index (χ2v) is 5.20. The van der Waals surface area contributed by atoms with Crippen LogP contribution in [0.4, 0.5) is 0 Å². The van der Waals surface area contributed by atoms with Gasteiger partial charge in [0.25, 0.3) is 0 Å². The highest BCUT2D eigenvalue weighted by atomic mass is 32.1. The van der Waals surface area contributed by atoms with Gasteiger partial charge in [0.2, 0.25) is 0 Å². The molecular weight excluding hydrogens is 252 g/mol. The Hall–Kier alpha value is -1.26. The molecule has 0 aliphatic rings. The van der Waals surface area contributed by atoms with Crippen molar-refractivity contribution in [3.05, 3.63) is 51.7 Å². The minimum atomic E-state index is -0.299. The Morgan fingerprint density at radius 3 is 2.94 bits per heavy atom. The average molecular weight is 264 g/mol. The lowest BCUT2D eigenvalue weighted by Crippen LogP contribution is -2.06. The number of carbonyl (C=O) groups excluding carboxylic acids is 1. The molecule has 2 aromatic rings. The van der Waals surface area contributed by atoms with Crippen LogP contribution in [0.3, 0.4) is 0 Å². The van der Waals surface area contributed by atoms with Crippen LogP contribution >= 0.6 is 24.0 Å². The van der Waals surface area contributed by atoms with E-state index >= 15 is 0 Å². The molecule has 4 heteroatoms. The van der Waals surface area contributed by atoms with Crippen LogP contribution in [0, 0.1) is 6.92 Å². The molecule has 0 unspecified atom stereocenters. The molecule has 0 atom stereocenters. The zero-order valence-corrected chi connectivity index (χ0v) is 11.1. The zero-order valence-electron chi connectivity index (χ0n) is 9.34. The van der Waals surface area contributed by atoms with Crippen molar-refractivity contribution in [1.82, 2.24) is 0 Å². The molecule has 1 aromatic carbocycles. The van der Waals surface area contributed by atoms with E-state index in [4.69, 9.17) is 4.74 Å². The van der Waals surface area contributed by atoms with Gasteiger partial charge in [-0.2, -0.15) is 0 Å². The Kier molecular flexibility index (Phi) is 3.86. The number of aryl methyl sites for hydroxylation is 1. The number of hydrogen-bond donors (Lipinski definition) is 1. The molecule has 0 spiro atoms. The van der Waals surface area contributed by atoms with Crippen LogP contribution in [-0.4, -0.2) is 5.97 Å². The molecular formula is C13H12O2S2. The normalized spacial score (nSPS) is 10.2. The van der Waals surface area contributed by atoms with E-state index in [2.05, 4.69) is 12.6 Å². The van der Waals surface area contributed by atoms with Gasteiger partial charge in [0, 0.05) is 9.77 Å². The number of thiol groups is 1. The maximum absolute atomic E-state index is 11.9. The first-order chi connectivity index (χ1) is 8.16. The van der Waals surface area contributed by atoms with Crippen molar-refractivity contribution >= 4 is 29.9 Å². The lowest BCUT2D eigenvalue weighted by molar-refractivity contribution is 0.0475. The van der Waals surface area contributed by atoms with Crippen molar-refractivity contribution in [2.45, 2.75) is 18.4 Å². The van der Waals surface area contributed by atoms with E-state index in [0.29, 0.717) is 12.2 Å². The summed E-state index contributed by atoms with van der Waals surface area (Å²) in [5.41, 5.74) is 1.48. The Balaban J connectivity index is 2.07. The molecule has 0 saturated carbocycles. The summed E-state index contributed by atoms with van der Waals surface area (Å²) in [7, 11) is 0. The molecule has 2 rings (SSSR count). The molecule has 0 N–H and O–H groups in total. The van der Waals surface area contributed by atoms with Gasteiger partial charge in [-0.25, -0.2) is 4.79 Å². The summed E-state index contributed by atoms with van der Waals surface area (Å²) in [5.74, 6) is -0.299. The maximum Gasteiger partial charge on any atom is 0.338 e. The van der Waals surface area contributed by atoms with Gasteiger partial charge in [-0.1, -0.05) is 12.1 Å². The molecule has 88 valence electrons. The maximum atomic E-state index is 11.9. The third kappa shape index (κ3) is 3.11. The van der Waals surface area contributed by atoms with Gasteiger partial charge >= 0.3 is 5.97 Å². The van der Waals surface area contributed by atoms with Crippen LogP contribution in [0.1, 0.15) is 20.8 Å².